The Morgan fingerprint density at radius 1 is 1.18 bits per heavy atom. The number of hydrogen-bond acceptors (Lipinski definition) is 8. The Morgan fingerprint density at radius 3 is 2.51 bits per heavy atom. The molecule has 1 unspecified atom stereocenters. The number of esters is 1. The highest BCUT2D eigenvalue weighted by Gasteiger charge is 2.49. The maximum Gasteiger partial charge on any atom is 0.534 e. The average Bonchev–Trinajstić information content (AvgIpc) is 3.28. The summed E-state index contributed by atoms with van der Waals surface area (Å²) < 4.78 is 83.7. The van der Waals surface area contributed by atoms with E-state index in [0.29, 0.717) is 36.4 Å². The zero-order chi connectivity index (χ0) is 28.6. The van der Waals surface area contributed by atoms with Gasteiger partial charge in [-0.05, 0) is 56.4 Å². The van der Waals surface area contributed by atoms with Gasteiger partial charge in [-0.3, -0.25) is 4.79 Å². The van der Waals surface area contributed by atoms with Gasteiger partial charge in [0.1, 0.15) is 11.5 Å². The van der Waals surface area contributed by atoms with Crippen LogP contribution in [-0.2, 0) is 30.8 Å². The van der Waals surface area contributed by atoms with Crippen LogP contribution >= 0.6 is 0 Å². The van der Waals surface area contributed by atoms with E-state index in [9.17, 15) is 26.4 Å². The minimum atomic E-state index is -5.94. The predicted molar refractivity (Wildman–Crippen MR) is 138 cm³/mol. The van der Waals surface area contributed by atoms with Gasteiger partial charge in [-0.15, -0.1) is 0 Å². The second-order valence-corrected chi connectivity index (χ2v) is 10.1. The number of methoxy groups -OCH3 is 1. The number of benzene rings is 2. The lowest BCUT2D eigenvalue weighted by Gasteiger charge is -2.18. The first-order valence-electron chi connectivity index (χ1n) is 12.3. The van der Waals surface area contributed by atoms with Crippen molar-refractivity contribution >= 4 is 22.0 Å². The average molecular weight is 570 g/mol. The number of rotatable bonds is 11. The van der Waals surface area contributed by atoms with E-state index in [2.05, 4.69) is 9.18 Å². The lowest BCUT2D eigenvalue weighted by molar-refractivity contribution is -0.143. The number of allylic oxidation sites excluding steroid dienone is 1. The van der Waals surface area contributed by atoms with E-state index >= 15 is 0 Å². The van der Waals surface area contributed by atoms with Crippen molar-refractivity contribution in [2.75, 3.05) is 20.3 Å². The molecule has 0 saturated carbocycles. The minimum absolute atomic E-state index is 0.0887. The van der Waals surface area contributed by atoms with E-state index in [-0.39, 0.29) is 30.9 Å². The van der Waals surface area contributed by atoms with Crippen LogP contribution in [-0.4, -0.2) is 46.1 Å². The second kappa shape index (κ2) is 13.0. The molecule has 0 heterocycles. The molecule has 8 nitrogen and oxygen atoms in total. The topological polar surface area (TPSA) is 100 Å². The van der Waals surface area contributed by atoms with Gasteiger partial charge >= 0.3 is 21.6 Å². The number of halogens is 3. The second-order valence-electron chi connectivity index (χ2n) is 8.59. The zero-order valence-corrected chi connectivity index (χ0v) is 22.6. The molecule has 0 amide bonds. The fraction of sp³-hybridized carbons (Fsp3) is 0.407. The highest BCUT2D eigenvalue weighted by atomic mass is 32.2. The van der Waals surface area contributed by atoms with E-state index < -0.39 is 33.3 Å². The van der Waals surface area contributed by atoms with Gasteiger partial charge in [-0.25, -0.2) is 4.99 Å². The Bertz CT molecular complexity index is 1320. The van der Waals surface area contributed by atoms with Gasteiger partial charge in [0.2, 0.25) is 5.90 Å². The first-order chi connectivity index (χ1) is 18.5. The van der Waals surface area contributed by atoms with Crippen LogP contribution in [0.1, 0.15) is 55.7 Å². The maximum absolute atomic E-state index is 13.1. The summed E-state index contributed by atoms with van der Waals surface area (Å²) >= 11 is 0. The zero-order valence-electron chi connectivity index (χ0n) is 21.8. The van der Waals surface area contributed by atoms with Crippen molar-refractivity contribution in [1.82, 2.24) is 0 Å². The summed E-state index contributed by atoms with van der Waals surface area (Å²) in [6, 6.07) is 12.0. The molecule has 0 radical (unpaired) electrons. The smallest absolute Gasteiger partial charge is 0.493 e. The number of carbonyl (C=O) groups excluding carboxylic acids is 1. The highest BCUT2D eigenvalue weighted by Crippen LogP contribution is 2.45. The normalized spacial score (nSPS) is 16.0. The number of nitrogens with zero attached hydrogens (tertiary/aromatic N) is 1. The lowest BCUT2D eigenvalue weighted by atomic mass is 9.97. The van der Waals surface area contributed by atoms with Gasteiger partial charge in [-0.1, -0.05) is 24.3 Å². The van der Waals surface area contributed by atoms with Gasteiger partial charge < -0.3 is 18.4 Å². The first kappa shape index (κ1) is 30.0. The van der Waals surface area contributed by atoms with Crippen molar-refractivity contribution in [3.63, 3.8) is 0 Å². The van der Waals surface area contributed by atoms with Crippen LogP contribution in [0.15, 0.2) is 59.2 Å². The molecule has 1 aliphatic rings. The molecular weight excluding hydrogens is 539 g/mol. The first-order valence-corrected chi connectivity index (χ1v) is 13.7. The lowest BCUT2D eigenvalue weighted by Crippen LogP contribution is -2.28. The minimum Gasteiger partial charge on any atom is -0.493 e. The van der Waals surface area contributed by atoms with Crippen LogP contribution in [0.5, 0.6) is 11.5 Å². The van der Waals surface area contributed by atoms with Gasteiger partial charge in [0.25, 0.3) is 0 Å². The number of fused-ring (bicyclic) bond motifs is 1. The third-order valence-corrected chi connectivity index (χ3v) is 6.96. The Hall–Kier alpha value is -3.54. The van der Waals surface area contributed by atoms with Crippen LogP contribution in [0.4, 0.5) is 13.2 Å². The molecule has 3 rings (SSSR count). The van der Waals surface area contributed by atoms with Gasteiger partial charge in [-0.2, -0.15) is 21.6 Å². The van der Waals surface area contributed by atoms with E-state index in [1.54, 1.807) is 26.0 Å². The van der Waals surface area contributed by atoms with Crippen LogP contribution in [0.25, 0.3) is 0 Å². The fourth-order valence-electron chi connectivity index (χ4n) is 4.22. The molecule has 12 heteroatoms. The quantitative estimate of drug-likeness (QED) is 0.113. The standard InChI is InChI=1S/C27H30F3NO7S/c1-4-21(31-26(35-3)18-9-7-6-8-10-18)13-14-37-22-15-19-11-12-20(16-24(32)36-5-2)25(19)23(17-22)38-39(33,34)27(28,29)30/h4,6-10,15,17,20H,5,11-14,16H2,1-3H3/b21-4+,31-26?. The Labute approximate surface area is 225 Å². The predicted octanol–water partition coefficient (Wildman–Crippen LogP) is 5.66. The largest absolute Gasteiger partial charge is 0.534 e. The number of ether oxygens (including phenoxy) is 3. The number of aryl methyl sites for hydroxylation is 1. The molecule has 0 spiro atoms. The van der Waals surface area contributed by atoms with Crippen LogP contribution < -0.4 is 8.92 Å². The third kappa shape index (κ3) is 7.75. The Balaban J connectivity index is 1.83. The van der Waals surface area contributed by atoms with Crippen molar-refractivity contribution in [2.24, 2.45) is 4.99 Å². The van der Waals surface area contributed by atoms with Crippen molar-refractivity contribution in [2.45, 2.75) is 51.0 Å². The number of alkyl halides is 3. The summed E-state index contributed by atoms with van der Waals surface area (Å²) in [7, 11) is -4.44. The van der Waals surface area contributed by atoms with Gasteiger partial charge in [0.15, 0.2) is 0 Å². The summed E-state index contributed by atoms with van der Waals surface area (Å²) in [5, 5.41) is 0. The molecule has 0 fully saturated rings. The SMILES string of the molecule is C/C=C(\CCOc1cc2c(c(OS(=O)(=O)C(F)(F)F)c1)C(CC(=O)OCC)CC2)N=C(OC)c1ccccc1. The molecule has 0 bridgehead atoms. The Kier molecular flexibility index (Phi) is 10.0. The van der Waals surface area contributed by atoms with Crippen molar-refractivity contribution in [3.05, 3.63) is 70.9 Å². The van der Waals surface area contributed by atoms with E-state index in [1.807, 2.05) is 30.3 Å². The highest BCUT2D eigenvalue weighted by molar-refractivity contribution is 7.88. The van der Waals surface area contributed by atoms with Crippen LogP contribution in [0, 0.1) is 0 Å². The molecule has 212 valence electrons. The molecule has 39 heavy (non-hydrogen) atoms. The molecule has 1 atom stereocenters. The summed E-state index contributed by atoms with van der Waals surface area (Å²) in [6.07, 6.45) is 2.80. The number of aliphatic imine (C=N–C) groups is 1. The van der Waals surface area contributed by atoms with Crippen LogP contribution in [0.2, 0.25) is 0 Å². The molecule has 2 aromatic rings. The van der Waals surface area contributed by atoms with E-state index in [1.165, 1.54) is 7.11 Å². The van der Waals surface area contributed by atoms with Gasteiger partial charge in [0.05, 0.1) is 26.7 Å². The van der Waals surface area contributed by atoms with Gasteiger partial charge in [0, 0.05) is 29.3 Å². The molecule has 0 N–H and O–H groups in total. The summed E-state index contributed by atoms with van der Waals surface area (Å²) in [6.45, 7) is 3.67. The summed E-state index contributed by atoms with van der Waals surface area (Å²) in [5.41, 5.74) is -3.42. The summed E-state index contributed by atoms with van der Waals surface area (Å²) in [4.78, 5) is 16.6. The van der Waals surface area contributed by atoms with E-state index in [0.717, 1.165) is 11.6 Å². The molecule has 0 aliphatic heterocycles. The number of carbonyl (C=O) groups is 1. The van der Waals surface area contributed by atoms with E-state index in [4.69, 9.17) is 14.2 Å². The fourth-order valence-corrected chi connectivity index (χ4v) is 4.69. The molecule has 2 aromatic carbocycles. The van der Waals surface area contributed by atoms with Crippen LogP contribution in [0.3, 0.4) is 0 Å². The molecule has 1 aliphatic carbocycles. The van der Waals surface area contributed by atoms with Crippen molar-refractivity contribution in [1.29, 1.82) is 0 Å². The monoisotopic (exact) mass is 569 g/mol. The summed E-state index contributed by atoms with van der Waals surface area (Å²) in [5.74, 6) is -1.07. The number of hydrogen-bond donors (Lipinski definition) is 0. The van der Waals surface area contributed by atoms with Crippen molar-refractivity contribution in [3.8, 4) is 11.5 Å². The Morgan fingerprint density at radius 2 is 1.90 bits per heavy atom. The molecular formula is C27H30F3NO7S. The maximum atomic E-state index is 13.1. The third-order valence-electron chi connectivity index (χ3n) is 5.99. The van der Waals surface area contributed by atoms with Crippen molar-refractivity contribution < 1.29 is 44.8 Å². The molecule has 0 saturated heterocycles. The molecule has 0 aromatic heterocycles.